The maximum atomic E-state index is 12.7. The zero-order valence-corrected chi connectivity index (χ0v) is 15.2. The van der Waals surface area contributed by atoms with E-state index in [0.29, 0.717) is 6.42 Å². The lowest BCUT2D eigenvalue weighted by Gasteiger charge is -2.21. The van der Waals surface area contributed by atoms with Crippen LogP contribution in [0.3, 0.4) is 0 Å². The first kappa shape index (κ1) is 18.0. The van der Waals surface area contributed by atoms with Gasteiger partial charge in [-0.3, -0.25) is 9.59 Å². The molecule has 136 valence electrons. The lowest BCUT2D eigenvalue weighted by molar-refractivity contribution is -0.138. The van der Waals surface area contributed by atoms with Crippen LogP contribution in [-0.4, -0.2) is 23.1 Å². The van der Waals surface area contributed by atoms with Gasteiger partial charge in [0.1, 0.15) is 5.75 Å². The number of carbonyl (C=O) groups is 2. The Hall–Kier alpha value is -2.82. The first-order chi connectivity index (χ1) is 12.3. The van der Waals surface area contributed by atoms with Gasteiger partial charge in [-0.2, -0.15) is 0 Å². The lowest BCUT2D eigenvalue weighted by Crippen LogP contribution is -2.40. The molecular formula is C21H23NO4. The summed E-state index contributed by atoms with van der Waals surface area (Å²) in [6.45, 7) is 5.95. The minimum absolute atomic E-state index is 0.172. The number of amides is 1. The van der Waals surface area contributed by atoms with Gasteiger partial charge in [-0.15, -0.1) is 0 Å². The number of rotatable bonds is 5. The molecule has 2 aromatic rings. The summed E-state index contributed by atoms with van der Waals surface area (Å²) in [7, 11) is 0. The highest BCUT2D eigenvalue weighted by Crippen LogP contribution is 2.32. The van der Waals surface area contributed by atoms with Crippen molar-refractivity contribution in [3.05, 3.63) is 64.2 Å². The maximum absolute atomic E-state index is 12.7. The summed E-state index contributed by atoms with van der Waals surface area (Å²) in [5.41, 5.74) is 5.05. The summed E-state index contributed by atoms with van der Waals surface area (Å²) in [5, 5.41) is 12.1. The summed E-state index contributed by atoms with van der Waals surface area (Å²) in [4.78, 5) is 24.0. The number of carboxylic acid groups (broad SMARTS) is 1. The molecule has 0 aliphatic carbocycles. The highest BCUT2D eigenvalue weighted by molar-refractivity contribution is 5.83. The van der Waals surface area contributed by atoms with Crippen LogP contribution < -0.4 is 10.1 Å². The van der Waals surface area contributed by atoms with Crippen LogP contribution in [0.1, 0.15) is 40.3 Å². The molecule has 0 aromatic heterocycles. The van der Waals surface area contributed by atoms with E-state index in [-0.39, 0.29) is 12.3 Å². The second-order valence-electron chi connectivity index (χ2n) is 6.87. The van der Waals surface area contributed by atoms with Crippen molar-refractivity contribution in [2.24, 2.45) is 0 Å². The summed E-state index contributed by atoms with van der Waals surface area (Å²) in [6, 6.07) is 10.9. The molecular weight excluding hydrogens is 330 g/mol. The molecule has 0 radical (unpaired) electrons. The third-order valence-corrected chi connectivity index (χ3v) is 4.90. The quantitative estimate of drug-likeness (QED) is 0.865. The SMILES string of the molecule is Cc1cc2c(cc1C)OC(C(=O)NC(CC(=O)O)c1ccccc1C)C2. The molecule has 0 saturated carbocycles. The number of aryl methyl sites for hydroxylation is 3. The number of ether oxygens (including phenoxy) is 1. The van der Waals surface area contributed by atoms with Crippen LogP contribution in [0.15, 0.2) is 36.4 Å². The van der Waals surface area contributed by atoms with Crippen molar-refractivity contribution in [1.29, 1.82) is 0 Å². The van der Waals surface area contributed by atoms with Crippen LogP contribution in [0.4, 0.5) is 0 Å². The van der Waals surface area contributed by atoms with E-state index >= 15 is 0 Å². The van der Waals surface area contributed by atoms with Crippen molar-refractivity contribution in [2.75, 3.05) is 0 Å². The molecule has 0 spiro atoms. The molecule has 0 bridgehead atoms. The third kappa shape index (κ3) is 3.72. The van der Waals surface area contributed by atoms with Gasteiger partial charge in [-0.1, -0.05) is 30.3 Å². The number of benzene rings is 2. The van der Waals surface area contributed by atoms with Gasteiger partial charge in [0.2, 0.25) is 0 Å². The second kappa shape index (κ2) is 7.20. The highest BCUT2D eigenvalue weighted by Gasteiger charge is 2.31. The van der Waals surface area contributed by atoms with E-state index in [1.165, 1.54) is 0 Å². The van der Waals surface area contributed by atoms with Gasteiger partial charge in [-0.05, 0) is 54.7 Å². The lowest BCUT2D eigenvalue weighted by atomic mass is 9.98. The van der Waals surface area contributed by atoms with Gasteiger partial charge in [0.05, 0.1) is 12.5 Å². The van der Waals surface area contributed by atoms with Gasteiger partial charge < -0.3 is 15.2 Å². The molecule has 2 aromatic carbocycles. The molecule has 1 aliphatic heterocycles. The Morgan fingerprint density at radius 1 is 1.15 bits per heavy atom. The number of hydrogen-bond acceptors (Lipinski definition) is 3. The number of aliphatic carboxylic acids is 1. The van der Waals surface area contributed by atoms with Gasteiger partial charge in [0, 0.05) is 6.42 Å². The Bertz CT molecular complexity index is 828. The molecule has 5 heteroatoms. The Kier molecular flexibility index (Phi) is 4.98. The molecule has 0 fully saturated rings. The minimum atomic E-state index is -0.958. The van der Waals surface area contributed by atoms with Gasteiger partial charge in [0.15, 0.2) is 6.10 Å². The van der Waals surface area contributed by atoms with E-state index in [4.69, 9.17) is 4.74 Å². The Balaban J connectivity index is 1.77. The van der Waals surface area contributed by atoms with E-state index in [2.05, 4.69) is 5.32 Å². The zero-order valence-electron chi connectivity index (χ0n) is 15.2. The number of carbonyl (C=O) groups excluding carboxylic acids is 1. The summed E-state index contributed by atoms with van der Waals surface area (Å²) >= 11 is 0. The Morgan fingerprint density at radius 3 is 2.54 bits per heavy atom. The largest absolute Gasteiger partial charge is 0.481 e. The first-order valence-electron chi connectivity index (χ1n) is 8.69. The molecule has 2 N–H and O–H groups in total. The van der Waals surface area contributed by atoms with E-state index in [9.17, 15) is 14.7 Å². The van der Waals surface area contributed by atoms with Crippen molar-refractivity contribution >= 4 is 11.9 Å². The van der Waals surface area contributed by atoms with Crippen molar-refractivity contribution in [2.45, 2.75) is 45.8 Å². The van der Waals surface area contributed by atoms with E-state index in [0.717, 1.165) is 33.6 Å². The normalized spacial score (nSPS) is 16.5. The molecule has 2 unspecified atom stereocenters. The predicted octanol–water partition coefficient (Wildman–Crippen LogP) is 3.25. The highest BCUT2D eigenvalue weighted by atomic mass is 16.5. The fourth-order valence-electron chi connectivity index (χ4n) is 3.32. The Morgan fingerprint density at radius 2 is 1.85 bits per heavy atom. The number of carboxylic acids is 1. The van der Waals surface area contributed by atoms with Crippen LogP contribution >= 0.6 is 0 Å². The van der Waals surface area contributed by atoms with Crippen LogP contribution in [0, 0.1) is 20.8 Å². The third-order valence-electron chi connectivity index (χ3n) is 4.90. The summed E-state index contributed by atoms with van der Waals surface area (Å²) in [6.07, 6.45) is -0.309. The fourth-order valence-corrected chi connectivity index (χ4v) is 3.32. The van der Waals surface area contributed by atoms with E-state index < -0.39 is 18.1 Å². The molecule has 1 aliphatic rings. The molecule has 1 heterocycles. The maximum Gasteiger partial charge on any atom is 0.305 e. The van der Waals surface area contributed by atoms with Crippen molar-refractivity contribution in [3.63, 3.8) is 0 Å². The molecule has 5 nitrogen and oxygen atoms in total. The number of nitrogens with one attached hydrogen (secondary N) is 1. The number of hydrogen-bond donors (Lipinski definition) is 2. The van der Waals surface area contributed by atoms with Crippen molar-refractivity contribution in [1.82, 2.24) is 5.32 Å². The van der Waals surface area contributed by atoms with Crippen LogP contribution in [-0.2, 0) is 16.0 Å². The second-order valence-corrected chi connectivity index (χ2v) is 6.87. The zero-order chi connectivity index (χ0) is 18.8. The average molecular weight is 353 g/mol. The minimum Gasteiger partial charge on any atom is -0.481 e. The fraction of sp³-hybridized carbons (Fsp3) is 0.333. The van der Waals surface area contributed by atoms with Gasteiger partial charge in [0.25, 0.3) is 5.91 Å². The smallest absolute Gasteiger partial charge is 0.305 e. The summed E-state index contributed by atoms with van der Waals surface area (Å²) in [5.74, 6) is -0.509. The predicted molar refractivity (Wildman–Crippen MR) is 98.4 cm³/mol. The van der Waals surface area contributed by atoms with Crippen molar-refractivity contribution in [3.8, 4) is 5.75 Å². The van der Waals surface area contributed by atoms with E-state index in [1.54, 1.807) is 0 Å². The molecule has 0 saturated heterocycles. The van der Waals surface area contributed by atoms with Gasteiger partial charge >= 0.3 is 5.97 Å². The van der Waals surface area contributed by atoms with Crippen molar-refractivity contribution < 1.29 is 19.4 Å². The van der Waals surface area contributed by atoms with Crippen LogP contribution in [0.5, 0.6) is 5.75 Å². The standard InChI is InChI=1S/C21H23NO4/c1-12-6-4-5-7-16(12)17(11-20(23)24)22-21(25)19-10-15-8-13(2)14(3)9-18(15)26-19/h4-9,17,19H,10-11H2,1-3H3,(H,22,25)(H,23,24). The molecule has 2 atom stereocenters. The molecule has 3 rings (SSSR count). The van der Waals surface area contributed by atoms with Crippen LogP contribution in [0.2, 0.25) is 0 Å². The first-order valence-corrected chi connectivity index (χ1v) is 8.69. The Labute approximate surface area is 153 Å². The molecule has 1 amide bonds. The van der Waals surface area contributed by atoms with E-state index in [1.807, 2.05) is 57.2 Å². The molecule has 26 heavy (non-hydrogen) atoms. The topological polar surface area (TPSA) is 75.6 Å². The summed E-state index contributed by atoms with van der Waals surface area (Å²) < 4.78 is 5.82. The number of fused-ring (bicyclic) bond motifs is 1. The van der Waals surface area contributed by atoms with Crippen LogP contribution in [0.25, 0.3) is 0 Å². The average Bonchev–Trinajstić information content (AvgIpc) is 2.97. The van der Waals surface area contributed by atoms with Gasteiger partial charge in [-0.25, -0.2) is 0 Å². The monoisotopic (exact) mass is 353 g/mol.